The van der Waals surface area contributed by atoms with E-state index in [2.05, 4.69) is 16.0 Å². The van der Waals surface area contributed by atoms with Crippen molar-refractivity contribution >= 4 is 23.6 Å². The Bertz CT molecular complexity index is 613. The number of carbonyl (C=O) groups excluding carboxylic acids is 2. The van der Waals surface area contributed by atoms with Crippen LogP contribution in [0.1, 0.15) is 37.0 Å². The monoisotopic (exact) mass is 319 g/mol. The molecule has 0 spiro atoms. The van der Waals surface area contributed by atoms with E-state index in [0.717, 1.165) is 12.8 Å². The molecule has 4 N–H and O–H groups in total. The average Bonchev–Trinajstić information content (AvgIpc) is 3.30. The summed E-state index contributed by atoms with van der Waals surface area (Å²) in [6, 6.07) is 5.96. The molecule has 1 fully saturated rings. The number of aliphatic carboxylic acids is 1. The summed E-state index contributed by atoms with van der Waals surface area (Å²) in [5, 5.41) is 17.1. The van der Waals surface area contributed by atoms with Crippen LogP contribution in [0.25, 0.3) is 0 Å². The summed E-state index contributed by atoms with van der Waals surface area (Å²) in [6.07, 6.45) is 1.99. The van der Waals surface area contributed by atoms with E-state index in [4.69, 9.17) is 5.11 Å². The van der Waals surface area contributed by atoms with Gasteiger partial charge in [0, 0.05) is 23.3 Å². The zero-order valence-electron chi connectivity index (χ0n) is 13.1. The first-order chi connectivity index (χ1) is 10.9. The number of urea groups is 1. The Morgan fingerprint density at radius 1 is 1.22 bits per heavy atom. The first-order valence-corrected chi connectivity index (χ1v) is 7.58. The zero-order chi connectivity index (χ0) is 17.0. The highest BCUT2D eigenvalue weighted by Gasteiger charge is 2.23. The maximum Gasteiger partial charge on any atom is 0.319 e. The third-order valence-electron chi connectivity index (χ3n) is 3.79. The lowest BCUT2D eigenvalue weighted by molar-refractivity contribution is -0.141. The van der Waals surface area contributed by atoms with Gasteiger partial charge in [-0.15, -0.1) is 0 Å². The maximum absolute atomic E-state index is 12.2. The highest BCUT2D eigenvalue weighted by molar-refractivity contribution is 5.97. The molecule has 0 bridgehead atoms. The van der Waals surface area contributed by atoms with Crippen LogP contribution in [0.3, 0.4) is 0 Å². The van der Waals surface area contributed by atoms with Crippen LogP contribution in [0, 0.1) is 5.92 Å². The molecule has 0 aromatic heterocycles. The lowest BCUT2D eigenvalue weighted by Crippen LogP contribution is -2.40. The van der Waals surface area contributed by atoms with Crippen LogP contribution in [0.2, 0.25) is 0 Å². The molecule has 1 saturated carbocycles. The van der Waals surface area contributed by atoms with Gasteiger partial charge >= 0.3 is 12.0 Å². The Morgan fingerprint density at radius 3 is 2.52 bits per heavy atom. The smallest absolute Gasteiger partial charge is 0.319 e. The first kappa shape index (κ1) is 16.8. The molecule has 1 aromatic carbocycles. The summed E-state index contributed by atoms with van der Waals surface area (Å²) in [5.74, 6) is -2.04. The molecule has 0 saturated heterocycles. The predicted molar refractivity (Wildman–Crippen MR) is 85.3 cm³/mol. The summed E-state index contributed by atoms with van der Waals surface area (Å²) in [6.45, 7) is 3.18. The highest BCUT2D eigenvalue weighted by atomic mass is 16.4. The molecule has 0 aliphatic heterocycles. The van der Waals surface area contributed by atoms with Gasteiger partial charge < -0.3 is 21.1 Å². The molecule has 3 amide bonds. The van der Waals surface area contributed by atoms with Crippen molar-refractivity contribution in [2.45, 2.75) is 38.8 Å². The second-order valence-electron chi connectivity index (χ2n) is 5.84. The summed E-state index contributed by atoms with van der Waals surface area (Å²) >= 11 is 0. The van der Waals surface area contributed by atoms with Crippen molar-refractivity contribution in [3.05, 3.63) is 29.8 Å². The van der Waals surface area contributed by atoms with Gasteiger partial charge in [0.1, 0.15) is 0 Å². The van der Waals surface area contributed by atoms with E-state index in [9.17, 15) is 14.4 Å². The van der Waals surface area contributed by atoms with Crippen LogP contribution in [0.5, 0.6) is 0 Å². The third-order valence-corrected chi connectivity index (χ3v) is 3.79. The second kappa shape index (κ2) is 7.13. The van der Waals surface area contributed by atoms with Gasteiger partial charge in [0.25, 0.3) is 5.91 Å². The second-order valence-corrected chi connectivity index (χ2v) is 5.84. The minimum atomic E-state index is -0.968. The maximum atomic E-state index is 12.2. The van der Waals surface area contributed by atoms with Crippen molar-refractivity contribution in [2.75, 3.05) is 5.32 Å². The summed E-state index contributed by atoms with van der Waals surface area (Å²) < 4.78 is 0. The van der Waals surface area contributed by atoms with Crippen LogP contribution in [-0.4, -0.2) is 35.1 Å². The van der Waals surface area contributed by atoms with Crippen LogP contribution in [0.15, 0.2) is 24.3 Å². The van der Waals surface area contributed by atoms with Gasteiger partial charge in [-0.2, -0.15) is 0 Å². The largest absolute Gasteiger partial charge is 0.481 e. The Morgan fingerprint density at radius 2 is 1.91 bits per heavy atom. The lowest BCUT2D eigenvalue weighted by Gasteiger charge is -2.18. The molecular formula is C16H21N3O4. The van der Waals surface area contributed by atoms with E-state index >= 15 is 0 Å². The zero-order valence-corrected chi connectivity index (χ0v) is 13.1. The van der Waals surface area contributed by atoms with Gasteiger partial charge in [0.2, 0.25) is 0 Å². The highest BCUT2D eigenvalue weighted by Crippen LogP contribution is 2.19. The molecular weight excluding hydrogens is 298 g/mol. The van der Waals surface area contributed by atoms with E-state index in [1.165, 1.54) is 6.92 Å². The number of amides is 3. The number of carbonyl (C=O) groups is 3. The summed E-state index contributed by atoms with van der Waals surface area (Å²) in [4.78, 5) is 34.8. The molecule has 2 atom stereocenters. The lowest BCUT2D eigenvalue weighted by atomic mass is 10.0. The molecule has 7 heteroatoms. The number of nitrogens with one attached hydrogen (secondary N) is 3. The van der Waals surface area contributed by atoms with E-state index in [0.29, 0.717) is 11.3 Å². The SMILES string of the molecule is CC(NC(=O)c1cccc(NC(=O)NC2CC2)c1)C(C)C(=O)O. The molecule has 0 heterocycles. The molecule has 1 aliphatic rings. The summed E-state index contributed by atoms with van der Waals surface area (Å²) in [5.41, 5.74) is 0.869. The van der Waals surface area contributed by atoms with Gasteiger partial charge in [-0.05, 0) is 44.9 Å². The Labute approximate surface area is 134 Å². The Balaban J connectivity index is 1.96. The van der Waals surface area contributed by atoms with Gasteiger partial charge in [-0.3, -0.25) is 9.59 Å². The molecule has 2 unspecified atom stereocenters. The van der Waals surface area contributed by atoms with Gasteiger partial charge in [-0.1, -0.05) is 6.07 Å². The number of benzene rings is 1. The molecule has 0 radical (unpaired) electrons. The average molecular weight is 319 g/mol. The number of carboxylic acid groups (broad SMARTS) is 1. The van der Waals surface area contributed by atoms with Gasteiger partial charge in [0.15, 0.2) is 0 Å². The fraction of sp³-hybridized carbons (Fsp3) is 0.438. The Hall–Kier alpha value is -2.57. The molecule has 23 heavy (non-hydrogen) atoms. The summed E-state index contributed by atoms with van der Waals surface area (Å²) in [7, 11) is 0. The fourth-order valence-corrected chi connectivity index (χ4v) is 1.95. The molecule has 1 aromatic rings. The van der Waals surface area contributed by atoms with E-state index < -0.39 is 17.9 Å². The van der Waals surface area contributed by atoms with Crippen LogP contribution in [0.4, 0.5) is 10.5 Å². The number of rotatable bonds is 6. The minimum absolute atomic E-state index is 0.250. The van der Waals surface area contributed by atoms with Crippen molar-refractivity contribution < 1.29 is 19.5 Å². The van der Waals surface area contributed by atoms with Crippen molar-refractivity contribution in [3.63, 3.8) is 0 Å². The Kier molecular flexibility index (Phi) is 5.20. The quantitative estimate of drug-likeness (QED) is 0.641. The van der Waals surface area contributed by atoms with Crippen molar-refractivity contribution in [3.8, 4) is 0 Å². The van der Waals surface area contributed by atoms with Crippen molar-refractivity contribution in [1.29, 1.82) is 0 Å². The number of carboxylic acids is 1. The first-order valence-electron chi connectivity index (χ1n) is 7.58. The number of anilines is 1. The van der Waals surface area contributed by atoms with Crippen molar-refractivity contribution in [1.82, 2.24) is 10.6 Å². The fourth-order valence-electron chi connectivity index (χ4n) is 1.95. The minimum Gasteiger partial charge on any atom is -0.481 e. The normalized spacial score (nSPS) is 16.1. The molecule has 7 nitrogen and oxygen atoms in total. The molecule has 1 aliphatic carbocycles. The molecule has 124 valence electrons. The standard InChI is InChI=1S/C16H21N3O4/c1-9(15(21)22)10(2)17-14(20)11-4-3-5-13(8-11)19-16(23)18-12-6-7-12/h3-5,8-10,12H,6-7H2,1-2H3,(H,17,20)(H,21,22)(H2,18,19,23). The topological polar surface area (TPSA) is 108 Å². The van der Waals surface area contributed by atoms with Crippen LogP contribution >= 0.6 is 0 Å². The third kappa shape index (κ3) is 4.98. The van der Waals surface area contributed by atoms with E-state index in [-0.39, 0.29) is 18.0 Å². The van der Waals surface area contributed by atoms with Gasteiger partial charge in [0.05, 0.1) is 5.92 Å². The predicted octanol–water partition coefficient (Wildman–Crippen LogP) is 1.81. The number of hydrogen-bond acceptors (Lipinski definition) is 3. The van der Waals surface area contributed by atoms with E-state index in [1.54, 1.807) is 31.2 Å². The number of hydrogen-bond donors (Lipinski definition) is 4. The van der Waals surface area contributed by atoms with Crippen LogP contribution < -0.4 is 16.0 Å². The van der Waals surface area contributed by atoms with E-state index in [1.807, 2.05) is 0 Å². The van der Waals surface area contributed by atoms with Crippen molar-refractivity contribution in [2.24, 2.45) is 5.92 Å². The molecule has 2 rings (SSSR count). The van der Waals surface area contributed by atoms with Crippen LogP contribution in [-0.2, 0) is 4.79 Å². The van der Waals surface area contributed by atoms with Gasteiger partial charge in [-0.25, -0.2) is 4.79 Å².